The number of esters is 2. The van der Waals surface area contributed by atoms with Crippen molar-refractivity contribution in [3.8, 4) is 0 Å². The Balaban J connectivity index is 3.84. The quantitative estimate of drug-likeness (QED) is 0.281. The van der Waals surface area contributed by atoms with E-state index >= 15 is 0 Å². The van der Waals surface area contributed by atoms with Crippen LogP contribution in [0.4, 0.5) is 17.1 Å². The summed E-state index contributed by atoms with van der Waals surface area (Å²) >= 11 is 0. The second kappa shape index (κ2) is 8.46. The first-order valence-corrected chi connectivity index (χ1v) is 7.10. The molecule has 13 heteroatoms. The number of benzene rings is 1. The molecule has 0 aliphatic carbocycles. The van der Waals surface area contributed by atoms with Crippen molar-refractivity contribution in [1.29, 1.82) is 0 Å². The standard InChI is InChI=1S/C13H13N3O10/c1-3-25-12(17)11(13(18)26-4-2)10-8(15(21)22)5-7(14(19)20)6-9(10)16(23)24/h5-6,11H,3-4H2,1-2H3. The van der Waals surface area contributed by atoms with Gasteiger partial charge in [-0.1, -0.05) is 0 Å². The second-order valence-corrected chi connectivity index (χ2v) is 4.61. The molecule has 0 aliphatic heterocycles. The SMILES string of the molecule is CCOC(=O)C(C(=O)OCC)c1c([N+](=O)[O-])cc([N+](=O)[O-])cc1[N+](=O)[O-]. The van der Waals surface area contributed by atoms with Gasteiger partial charge in [-0.25, -0.2) is 0 Å². The first-order chi connectivity index (χ1) is 12.1. The number of nitrogens with zero attached hydrogens (tertiary/aromatic N) is 3. The van der Waals surface area contributed by atoms with E-state index in [9.17, 15) is 39.9 Å². The number of non-ortho nitro benzene ring substituents is 1. The molecule has 0 saturated heterocycles. The fourth-order valence-electron chi connectivity index (χ4n) is 2.09. The lowest BCUT2D eigenvalue weighted by atomic mass is 9.94. The lowest BCUT2D eigenvalue weighted by Crippen LogP contribution is -2.27. The summed E-state index contributed by atoms with van der Waals surface area (Å²) in [6, 6.07) is 0.849. The van der Waals surface area contributed by atoms with Gasteiger partial charge in [-0.3, -0.25) is 39.9 Å². The van der Waals surface area contributed by atoms with Crippen LogP contribution in [-0.4, -0.2) is 39.9 Å². The second-order valence-electron chi connectivity index (χ2n) is 4.61. The van der Waals surface area contributed by atoms with Crippen molar-refractivity contribution in [2.75, 3.05) is 13.2 Å². The average Bonchev–Trinajstić information content (AvgIpc) is 2.54. The molecule has 0 spiro atoms. The molecule has 1 aromatic carbocycles. The van der Waals surface area contributed by atoms with E-state index in [2.05, 4.69) is 9.47 Å². The van der Waals surface area contributed by atoms with Crippen LogP contribution in [0.3, 0.4) is 0 Å². The molecule has 140 valence electrons. The van der Waals surface area contributed by atoms with Gasteiger partial charge in [0.15, 0.2) is 5.92 Å². The summed E-state index contributed by atoms with van der Waals surface area (Å²) in [6.07, 6.45) is 0. The molecule has 0 amide bonds. The van der Waals surface area contributed by atoms with Crippen LogP contribution in [0.1, 0.15) is 25.3 Å². The Labute approximate surface area is 144 Å². The van der Waals surface area contributed by atoms with Gasteiger partial charge in [-0.2, -0.15) is 0 Å². The van der Waals surface area contributed by atoms with E-state index in [0.717, 1.165) is 0 Å². The van der Waals surface area contributed by atoms with E-state index in [0.29, 0.717) is 12.1 Å². The van der Waals surface area contributed by atoms with Crippen molar-refractivity contribution < 1.29 is 33.8 Å². The number of nitro groups is 3. The van der Waals surface area contributed by atoms with Gasteiger partial charge >= 0.3 is 11.9 Å². The van der Waals surface area contributed by atoms with Crippen LogP contribution in [0.2, 0.25) is 0 Å². The van der Waals surface area contributed by atoms with Crippen LogP contribution in [0.15, 0.2) is 12.1 Å². The van der Waals surface area contributed by atoms with Crippen LogP contribution >= 0.6 is 0 Å². The van der Waals surface area contributed by atoms with E-state index in [4.69, 9.17) is 0 Å². The van der Waals surface area contributed by atoms with E-state index in [-0.39, 0.29) is 13.2 Å². The zero-order valence-electron chi connectivity index (χ0n) is 13.6. The Morgan fingerprint density at radius 1 is 0.885 bits per heavy atom. The van der Waals surface area contributed by atoms with Crippen molar-refractivity contribution >= 4 is 29.0 Å². The van der Waals surface area contributed by atoms with Crippen LogP contribution in [0.5, 0.6) is 0 Å². The molecule has 0 aliphatic rings. The number of nitro benzene ring substituents is 3. The molecule has 13 nitrogen and oxygen atoms in total. The third kappa shape index (κ3) is 4.25. The highest BCUT2D eigenvalue weighted by Gasteiger charge is 2.44. The zero-order chi connectivity index (χ0) is 20.0. The molecular formula is C13H13N3O10. The van der Waals surface area contributed by atoms with Gasteiger partial charge in [-0.05, 0) is 13.8 Å². The first-order valence-electron chi connectivity index (χ1n) is 7.10. The van der Waals surface area contributed by atoms with Gasteiger partial charge in [0.2, 0.25) is 0 Å². The van der Waals surface area contributed by atoms with Gasteiger partial charge in [0.25, 0.3) is 17.1 Å². The van der Waals surface area contributed by atoms with E-state index < -0.39 is 55.3 Å². The molecule has 0 fully saturated rings. The molecule has 0 bridgehead atoms. The lowest BCUT2D eigenvalue weighted by Gasteiger charge is -2.14. The summed E-state index contributed by atoms with van der Waals surface area (Å²) in [5, 5.41) is 33.5. The number of rotatable bonds is 8. The largest absolute Gasteiger partial charge is 0.465 e. The minimum atomic E-state index is -2.14. The maximum Gasteiger partial charge on any atom is 0.325 e. The van der Waals surface area contributed by atoms with Gasteiger partial charge in [0.05, 0.1) is 40.1 Å². The molecular weight excluding hydrogens is 358 g/mol. The third-order valence-corrected chi connectivity index (χ3v) is 3.06. The predicted molar refractivity (Wildman–Crippen MR) is 82.4 cm³/mol. The number of hydrogen-bond donors (Lipinski definition) is 0. The van der Waals surface area contributed by atoms with Gasteiger partial charge in [0, 0.05) is 0 Å². The van der Waals surface area contributed by atoms with Crippen molar-refractivity contribution in [2.45, 2.75) is 19.8 Å². The Morgan fingerprint density at radius 3 is 1.54 bits per heavy atom. The van der Waals surface area contributed by atoms with E-state index in [1.54, 1.807) is 0 Å². The Bertz CT molecular complexity index is 722. The highest BCUT2D eigenvalue weighted by molar-refractivity contribution is 6.03. The molecule has 0 heterocycles. The fourth-order valence-corrected chi connectivity index (χ4v) is 2.09. The Hall–Kier alpha value is -3.64. The van der Waals surface area contributed by atoms with Crippen molar-refractivity contribution in [2.24, 2.45) is 0 Å². The fraction of sp³-hybridized carbons (Fsp3) is 0.385. The Kier molecular flexibility index (Phi) is 6.64. The van der Waals surface area contributed by atoms with E-state index in [1.165, 1.54) is 13.8 Å². The number of carbonyl (C=O) groups excluding carboxylic acids is 2. The lowest BCUT2D eigenvalue weighted by molar-refractivity contribution is -0.404. The Morgan fingerprint density at radius 2 is 1.27 bits per heavy atom. The molecule has 0 radical (unpaired) electrons. The van der Waals surface area contributed by atoms with Gasteiger partial charge < -0.3 is 9.47 Å². The molecule has 0 atom stereocenters. The summed E-state index contributed by atoms with van der Waals surface area (Å²) < 4.78 is 9.31. The highest BCUT2D eigenvalue weighted by atomic mass is 16.6. The highest BCUT2D eigenvalue weighted by Crippen LogP contribution is 2.39. The normalized spacial score (nSPS) is 10.3. The maximum absolute atomic E-state index is 12.1. The van der Waals surface area contributed by atoms with Gasteiger partial charge in [-0.15, -0.1) is 0 Å². The molecule has 1 rings (SSSR count). The summed E-state index contributed by atoms with van der Waals surface area (Å²) in [5.41, 5.74) is -4.17. The molecule has 0 aromatic heterocycles. The summed E-state index contributed by atoms with van der Waals surface area (Å²) in [5.74, 6) is -4.77. The van der Waals surface area contributed by atoms with Crippen LogP contribution < -0.4 is 0 Å². The van der Waals surface area contributed by atoms with Crippen molar-refractivity contribution in [3.05, 3.63) is 48.0 Å². The molecule has 0 N–H and O–H groups in total. The number of ether oxygens (including phenoxy) is 2. The number of hydrogen-bond acceptors (Lipinski definition) is 10. The minimum Gasteiger partial charge on any atom is -0.465 e. The van der Waals surface area contributed by atoms with Crippen molar-refractivity contribution in [3.63, 3.8) is 0 Å². The average molecular weight is 371 g/mol. The first kappa shape index (κ1) is 20.4. The third-order valence-electron chi connectivity index (χ3n) is 3.06. The van der Waals surface area contributed by atoms with Crippen molar-refractivity contribution in [1.82, 2.24) is 0 Å². The summed E-state index contributed by atoms with van der Waals surface area (Å²) in [6.45, 7) is 2.34. The van der Waals surface area contributed by atoms with Crippen LogP contribution in [0, 0.1) is 30.3 Å². The summed E-state index contributed by atoms with van der Waals surface area (Å²) in [7, 11) is 0. The topological polar surface area (TPSA) is 182 Å². The smallest absolute Gasteiger partial charge is 0.325 e. The maximum atomic E-state index is 12.1. The van der Waals surface area contributed by atoms with Gasteiger partial charge in [0.1, 0.15) is 5.56 Å². The monoisotopic (exact) mass is 371 g/mol. The van der Waals surface area contributed by atoms with E-state index in [1.807, 2.05) is 0 Å². The summed E-state index contributed by atoms with van der Waals surface area (Å²) in [4.78, 5) is 54.3. The molecule has 0 unspecified atom stereocenters. The molecule has 0 saturated carbocycles. The predicted octanol–water partition coefficient (Wildman–Crippen LogP) is 1.62. The van der Waals surface area contributed by atoms with Crippen LogP contribution in [0.25, 0.3) is 0 Å². The molecule has 1 aromatic rings. The zero-order valence-corrected chi connectivity index (χ0v) is 13.6. The number of carbonyl (C=O) groups is 2. The minimum absolute atomic E-state index is 0.219. The molecule has 26 heavy (non-hydrogen) atoms. The van der Waals surface area contributed by atoms with Crippen LogP contribution in [-0.2, 0) is 19.1 Å².